The summed E-state index contributed by atoms with van der Waals surface area (Å²) >= 11 is 0. The monoisotopic (exact) mass is 595 g/mol. The molecule has 44 heavy (non-hydrogen) atoms. The van der Waals surface area contributed by atoms with Crippen LogP contribution >= 0.6 is 0 Å². The summed E-state index contributed by atoms with van der Waals surface area (Å²) in [5.74, 6) is 5.06. The summed E-state index contributed by atoms with van der Waals surface area (Å²) in [5.41, 5.74) is 5.62. The molecule has 4 nitrogen and oxygen atoms in total. The molecule has 7 rings (SSSR count). The van der Waals surface area contributed by atoms with Gasteiger partial charge in [0, 0.05) is 11.7 Å². The van der Waals surface area contributed by atoms with Crippen LogP contribution in [0, 0.1) is 63.1 Å². The first-order valence-corrected chi connectivity index (χ1v) is 18.3. The Morgan fingerprint density at radius 1 is 0.977 bits per heavy atom. The van der Waals surface area contributed by atoms with Crippen LogP contribution in [0.25, 0.3) is 0 Å². The number of aromatic nitrogens is 1. The summed E-state index contributed by atoms with van der Waals surface area (Å²) < 4.78 is 6.02. The highest BCUT2D eigenvalue weighted by atomic mass is 16.5. The van der Waals surface area contributed by atoms with E-state index < -0.39 is 0 Å². The Bertz CT molecular complexity index is 1360. The van der Waals surface area contributed by atoms with Crippen LogP contribution in [0.2, 0.25) is 0 Å². The molecule has 10 atom stereocenters. The van der Waals surface area contributed by atoms with E-state index in [0.29, 0.717) is 51.7 Å². The molecular weight excluding hydrogens is 538 g/mol. The largest absolute Gasteiger partial charge is 0.476 e. The van der Waals surface area contributed by atoms with E-state index in [0.717, 1.165) is 49.5 Å². The molecule has 0 radical (unpaired) electrons. The topological polar surface area (TPSA) is 57.9 Å². The standard InChI is InChI=1S/C40H57N3O/c1-6-43-40-19-7-10-34(40)33-15-16-35-37(3)20-17-31(27(2)32(37)18-21-39(35,5)38(33,4)22-23-40)29-13-11-28(12-14-29)26-44-36-30(25-41)9-8-24-42-36/h8-9,13,17,24,27-28,32-35,43H,6-7,10-12,14-16,18-23,26H2,1-5H3/t27?,28?,32?,33?,34?,35?,37?,38-,39?,40?/m1/s1. The normalized spacial score (nSPS) is 44.6. The lowest BCUT2D eigenvalue weighted by molar-refractivity contribution is -0.212. The fourth-order valence-corrected chi connectivity index (χ4v) is 13.0. The molecule has 0 aliphatic heterocycles. The van der Waals surface area contributed by atoms with Gasteiger partial charge in [-0.05, 0) is 159 Å². The van der Waals surface area contributed by atoms with E-state index in [1.165, 1.54) is 64.2 Å². The van der Waals surface area contributed by atoms with Gasteiger partial charge in [0.05, 0.1) is 6.61 Å². The maximum Gasteiger partial charge on any atom is 0.231 e. The highest BCUT2D eigenvalue weighted by Gasteiger charge is 2.68. The maximum atomic E-state index is 9.37. The smallest absolute Gasteiger partial charge is 0.231 e. The summed E-state index contributed by atoms with van der Waals surface area (Å²) in [7, 11) is 0. The number of hydrogen-bond acceptors (Lipinski definition) is 4. The van der Waals surface area contributed by atoms with Gasteiger partial charge in [0.15, 0.2) is 0 Å². The van der Waals surface area contributed by atoms with Gasteiger partial charge in [-0.2, -0.15) is 5.26 Å². The zero-order valence-electron chi connectivity index (χ0n) is 28.3. The van der Waals surface area contributed by atoms with Gasteiger partial charge in [-0.25, -0.2) is 4.98 Å². The highest BCUT2D eigenvalue weighted by molar-refractivity contribution is 5.39. The van der Waals surface area contributed by atoms with Crippen LogP contribution in [-0.2, 0) is 0 Å². The van der Waals surface area contributed by atoms with Gasteiger partial charge in [-0.3, -0.25) is 0 Å². The summed E-state index contributed by atoms with van der Waals surface area (Å²) in [6.07, 6.45) is 24.5. The zero-order valence-corrected chi connectivity index (χ0v) is 28.3. The molecule has 4 heteroatoms. The molecule has 0 bridgehead atoms. The van der Waals surface area contributed by atoms with E-state index in [-0.39, 0.29) is 0 Å². The minimum atomic E-state index is 0.419. The lowest BCUT2D eigenvalue weighted by Crippen LogP contribution is -2.66. The van der Waals surface area contributed by atoms with Gasteiger partial charge < -0.3 is 10.1 Å². The molecular formula is C40H57N3O. The number of allylic oxidation sites excluding steroid dienone is 4. The van der Waals surface area contributed by atoms with Crippen molar-refractivity contribution in [3.05, 3.63) is 47.2 Å². The molecule has 1 N–H and O–H groups in total. The number of pyridine rings is 1. The molecule has 0 spiro atoms. The number of fused-ring (bicyclic) bond motifs is 7. The number of hydrogen-bond donors (Lipinski definition) is 1. The van der Waals surface area contributed by atoms with E-state index >= 15 is 0 Å². The molecule has 0 saturated heterocycles. The third kappa shape index (κ3) is 4.49. The van der Waals surface area contributed by atoms with Crippen molar-refractivity contribution in [1.29, 1.82) is 5.26 Å². The minimum Gasteiger partial charge on any atom is -0.476 e. The van der Waals surface area contributed by atoms with Gasteiger partial charge in [0.1, 0.15) is 11.6 Å². The highest BCUT2D eigenvalue weighted by Crippen LogP contribution is 2.75. The Morgan fingerprint density at radius 3 is 2.61 bits per heavy atom. The molecule has 1 aromatic rings. The van der Waals surface area contributed by atoms with E-state index in [1.807, 2.05) is 0 Å². The zero-order chi connectivity index (χ0) is 30.7. The molecule has 1 aromatic heterocycles. The Kier molecular flexibility index (Phi) is 7.83. The first-order valence-electron chi connectivity index (χ1n) is 18.3. The lowest BCUT2D eigenvalue weighted by atomic mass is 9.34. The SMILES string of the molecule is CCNC12CCCC1C1CCC3C4(C)CC=C(C5=CCC(COc6ncccc6C#N)CC5)C(C)C4CCC3(C)[C@]1(C)CC2. The van der Waals surface area contributed by atoms with E-state index in [1.54, 1.807) is 29.5 Å². The molecule has 0 amide bonds. The van der Waals surface area contributed by atoms with Crippen LogP contribution < -0.4 is 10.1 Å². The Labute approximate surface area is 267 Å². The minimum absolute atomic E-state index is 0.419. The van der Waals surface area contributed by atoms with Crippen LogP contribution in [-0.4, -0.2) is 23.7 Å². The van der Waals surface area contributed by atoms with Crippen molar-refractivity contribution in [3.63, 3.8) is 0 Å². The second-order valence-corrected chi connectivity index (χ2v) is 16.7. The molecule has 1 heterocycles. The summed E-state index contributed by atoms with van der Waals surface area (Å²) in [5, 5.41) is 13.5. The molecule has 0 aromatic carbocycles. The van der Waals surface area contributed by atoms with Crippen molar-refractivity contribution in [3.8, 4) is 11.9 Å². The summed E-state index contributed by atoms with van der Waals surface area (Å²) in [4.78, 5) is 4.29. The average molecular weight is 596 g/mol. The van der Waals surface area contributed by atoms with Gasteiger partial charge in [0.25, 0.3) is 0 Å². The number of nitrogens with zero attached hydrogens (tertiary/aromatic N) is 2. The average Bonchev–Trinajstić information content (AvgIpc) is 3.45. The molecule has 6 aliphatic rings. The van der Waals surface area contributed by atoms with Crippen LogP contribution in [0.4, 0.5) is 0 Å². The van der Waals surface area contributed by atoms with Gasteiger partial charge >= 0.3 is 0 Å². The van der Waals surface area contributed by atoms with Crippen molar-refractivity contribution in [2.75, 3.05) is 13.2 Å². The lowest BCUT2D eigenvalue weighted by Gasteiger charge is -2.71. The van der Waals surface area contributed by atoms with Crippen LogP contribution in [0.3, 0.4) is 0 Å². The van der Waals surface area contributed by atoms with Gasteiger partial charge in [-0.15, -0.1) is 0 Å². The van der Waals surface area contributed by atoms with E-state index in [4.69, 9.17) is 4.74 Å². The van der Waals surface area contributed by atoms with Crippen LogP contribution in [0.5, 0.6) is 5.88 Å². The van der Waals surface area contributed by atoms with Crippen molar-refractivity contribution < 1.29 is 4.74 Å². The quantitative estimate of drug-likeness (QED) is 0.356. The van der Waals surface area contributed by atoms with E-state index in [2.05, 4.69) is 63.1 Å². The predicted octanol–water partition coefficient (Wildman–Crippen LogP) is 9.42. The number of nitrogens with one attached hydrogen (secondary N) is 1. The second-order valence-electron chi connectivity index (χ2n) is 16.7. The molecule has 4 saturated carbocycles. The Hall–Kier alpha value is -2.12. The molecule has 9 unspecified atom stereocenters. The number of rotatable bonds is 6. The van der Waals surface area contributed by atoms with Crippen molar-refractivity contribution in [1.82, 2.24) is 10.3 Å². The molecule has 6 aliphatic carbocycles. The molecule has 4 fully saturated rings. The van der Waals surface area contributed by atoms with Crippen molar-refractivity contribution >= 4 is 0 Å². The maximum absolute atomic E-state index is 9.37. The van der Waals surface area contributed by atoms with Crippen LogP contribution in [0.1, 0.15) is 124 Å². The summed E-state index contributed by atoms with van der Waals surface area (Å²) in [6.45, 7) is 15.0. The third-order valence-corrected chi connectivity index (χ3v) is 15.3. The van der Waals surface area contributed by atoms with Crippen molar-refractivity contribution in [2.24, 2.45) is 51.8 Å². The van der Waals surface area contributed by atoms with E-state index in [9.17, 15) is 5.26 Å². The van der Waals surface area contributed by atoms with Gasteiger partial charge in [-0.1, -0.05) is 53.2 Å². The van der Waals surface area contributed by atoms with Gasteiger partial charge in [0.2, 0.25) is 5.88 Å². The Morgan fingerprint density at radius 2 is 1.84 bits per heavy atom. The predicted molar refractivity (Wildman–Crippen MR) is 178 cm³/mol. The second kappa shape index (κ2) is 11.3. The number of ether oxygens (including phenoxy) is 1. The molecule has 238 valence electrons. The third-order valence-electron chi connectivity index (χ3n) is 15.3. The first kappa shape index (κ1) is 30.5. The fourth-order valence-electron chi connectivity index (χ4n) is 13.0. The van der Waals surface area contributed by atoms with Crippen LogP contribution in [0.15, 0.2) is 41.6 Å². The fraction of sp³-hybridized carbons (Fsp3) is 0.750. The number of nitriles is 1. The first-order chi connectivity index (χ1) is 21.2. The Balaban J connectivity index is 1.07. The summed E-state index contributed by atoms with van der Waals surface area (Å²) in [6, 6.07) is 5.78. The van der Waals surface area contributed by atoms with Crippen molar-refractivity contribution in [2.45, 2.75) is 124 Å².